The molecule has 1 atom stereocenters. The van der Waals surface area contributed by atoms with Gasteiger partial charge in [0.1, 0.15) is 17.8 Å². The first kappa shape index (κ1) is 22.5. The normalized spacial score (nSPS) is 18.5. The zero-order valence-electron chi connectivity index (χ0n) is 19.2. The number of alkyl halides is 3. The molecule has 2 aliphatic heterocycles. The summed E-state index contributed by atoms with van der Waals surface area (Å²) in [5, 5.41) is 13.6. The van der Waals surface area contributed by atoms with Crippen LogP contribution in [-0.2, 0) is 13.2 Å². The maximum atomic E-state index is 12.9. The van der Waals surface area contributed by atoms with Gasteiger partial charge in [0.15, 0.2) is 22.8 Å². The van der Waals surface area contributed by atoms with Gasteiger partial charge in [0.2, 0.25) is 6.35 Å². The van der Waals surface area contributed by atoms with E-state index in [1.807, 2.05) is 17.0 Å². The Morgan fingerprint density at radius 3 is 2.58 bits per heavy atom. The molecular weight excluding hydrogens is 475 g/mol. The molecule has 1 fully saturated rings. The number of nitrogens with zero attached hydrogens (tertiary/aromatic N) is 8. The van der Waals surface area contributed by atoms with Crippen LogP contribution in [0.25, 0.3) is 22.6 Å². The molecular formula is C23H22F3N9O. The number of rotatable bonds is 3. The maximum Gasteiger partial charge on any atom is 0.433 e. The van der Waals surface area contributed by atoms with Crippen LogP contribution in [0.15, 0.2) is 43.0 Å². The van der Waals surface area contributed by atoms with Gasteiger partial charge in [0, 0.05) is 44.1 Å². The number of halogens is 3. The predicted octanol–water partition coefficient (Wildman–Crippen LogP) is 3.02. The van der Waals surface area contributed by atoms with Gasteiger partial charge in [-0.1, -0.05) is 0 Å². The molecule has 0 bridgehead atoms. The Kier molecular flexibility index (Phi) is 5.18. The van der Waals surface area contributed by atoms with Crippen molar-refractivity contribution in [3.05, 3.63) is 48.7 Å². The lowest BCUT2D eigenvalue weighted by Gasteiger charge is -2.39. The summed E-state index contributed by atoms with van der Waals surface area (Å²) in [6.45, 7) is 1.37. The maximum absolute atomic E-state index is 12.9. The van der Waals surface area contributed by atoms with E-state index in [0.29, 0.717) is 47.3 Å². The third-order valence-electron chi connectivity index (χ3n) is 6.70. The van der Waals surface area contributed by atoms with E-state index < -0.39 is 18.2 Å². The average Bonchev–Trinajstić information content (AvgIpc) is 3.40. The highest BCUT2D eigenvalue weighted by Crippen LogP contribution is 2.37. The summed E-state index contributed by atoms with van der Waals surface area (Å²) in [6.07, 6.45) is 0.554. The fourth-order valence-corrected chi connectivity index (χ4v) is 4.96. The lowest BCUT2D eigenvalue weighted by Crippen LogP contribution is -2.49. The van der Waals surface area contributed by atoms with Crippen LogP contribution in [-0.4, -0.2) is 60.1 Å². The van der Waals surface area contributed by atoms with Crippen LogP contribution >= 0.6 is 0 Å². The number of hydrogen-bond acceptors (Lipinski definition) is 9. The summed E-state index contributed by atoms with van der Waals surface area (Å²) in [5.41, 5.74) is 1.54. The molecule has 4 aromatic rings. The molecule has 0 aromatic carbocycles. The summed E-state index contributed by atoms with van der Waals surface area (Å²) in [6, 6.07) is 6.21. The third-order valence-corrected chi connectivity index (χ3v) is 6.70. The second-order valence-electron chi connectivity index (χ2n) is 8.81. The molecule has 13 heteroatoms. The van der Waals surface area contributed by atoms with Crippen LogP contribution in [0.1, 0.15) is 18.5 Å². The van der Waals surface area contributed by atoms with E-state index >= 15 is 0 Å². The Bertz CT molecular complexity index is 1410. The number of aliphatic hydroxyl groups is 1. The van der Waals surface area contributed by atoms with Crippen molar-refractivity contribution in [2.45, 2.75) is 31.4 Å². The molecule has 0 radical (unpaired) electrons. The standard InChI is InChI=1S/C23H22F3N9O/c1-33-19(13-4-5-16(28-11-13)23(24,25)26)31-17-20(33)29-12-30-21(17)34-9-6-14(7-10-34)35-15-3-2-8-27-18(15)32-22(35)36/h2-5,8,11-12,14,22,36H,6-7,9-10H2,1H3,(H,27,32). The Morgan fingerprint density at radius 1 is 1.06 bits per heavy atom. The van der Waals surface area contributed by atoms with Crippen LogP contribution < -0.4 is 15.1 Å². The minimum atomic E-state index is -4.50. The van der Waals surface area contributed by atoms with Gasteiger partial charge in [-0.3, -0.25) is 4.98 Å². The number of pyridine rings is 2. The fraction of sp³-hybridized carbons (Fsp3) is 0.348. The fourth-order valence-electron chi connectivity index (χ4n) is 4.96. The molecule has 10 nitrogen and oxygen atoms in total. The van der Waals surface area contributed by atoms with Gasteiger partial charge in [-0.15, -0.1) is 0 Å². The highest BCUT2D eigenvalue weighted by Gasteiger charge is 2.36. The van der Waals surface area contributed by atoms with E-state index in [-0.39, 0.29) is 6.04 Å². The van der Waals surface area contributed by atoms with Crippen molar-refractivity contribution in [3.8, 4) is 11.4 Å². The molecule has 6 rings (SSSR count). The van der Waals surface area contributed by atoms with Crippen molar-refractivity contribution in [2.75, 3.05) is 28.2 Å². The minimum absolute atomic E-state index is 0.115. The highest BCUT2D eigenvalue weighted by atomic mass is 19.4. The molecule has 186 valence electrons. The van der Waals surface area contributed by atoms with E-state index in [9.17, 15) is 18.3 Å². The smallest absolute Gasteiger partial charge is 0.356 e. The van der Waals surface area contributed by atoms with Crippen LogP contribution in [0, 0.1) is 0 Å². The van der Waals surface area contributed by atoms with Crippen LogP contribution in [0.3, 0.4) is 0 Å². The van der Waals surface area contributed by atoms with Gasteiger partial charge >= 0.3 is 6.18 Å². The Hall–Kier alpha value is -4.00. The van der Waals surface area contributed by atoms with Gasteiger partial charge in [0.25, 0.3) is 0 Å². The van der Waals surface area contributed by atoms with Crippen molar-refractivity contribution < 1.29 is 18.3 Å². The Morgan fingerprint density at radius 2 is 1.86 bits per heavy atom. The Labute approximate surface area is 203 Å². The van der Waals surface area contributed by atoms with Crippen molar-refractivity contribution in [3.63, 3.8) is 0 Å². The summed E-state index contributed by atoms with van der Waals surface area (Å²) in [4.78, 5) is 25.5. The molecule has 0 aliphatic carbocycles. The predicted molar refractivity (Wildman–Crippen MR) is 126 cm³/mol. The van der Waals surface area contributed by atoms with Gasteiger partial charge in [-0.05, 0) is 37.1 Å². The molecule has 0 spiro atoms. The number of piperidine rings is 1. The van der Waals surface area contributed by atoms with Gasteiger partial charge in [0.05, 0.1) is 5.69 Å². The monoisotopic (exact) mass is 497 g/mol. The van der Waals surface area contributed by atoms with Gasteiger partial charge in [-0.25, -0.2) is 19.9 Å². The van der Waals surface area contributed by atoms with Crippen molar-refractivity contribution in [2.24, 2.45) is 7.05 Å². The van der Waals surface area contributed by atoms with E-state index in [1.54, 1.807) is 17.8 Å². The first-order valence-corrected chi connectivity index (χ1v) is 11.4. The minimum Gasteiger partial charge on any atom is -0.356 e. The number of imidazole rings is 1. The number of anilines is 3. The average molecular weight is 497 g/mol. The first-order valence-electron chi connectivity index (χ1n) is 11.4. The SMILES string of the molecule is Cn1c(-c2ccc(C(F)(F)F)nc2)nc2c(N3CCC(N4c5cccnc5NC4O)CC3)ncnc21. The van der Waals surface area contributed by atoms with Gasteiger partial charge < -0.3 is 24.8 Å². The van der Waals surface area contributed by atoms with Gasteiger partial charge in [-0.2, -0.15) is 13.2 Å². The molecule has 36 heavy (non-hydrogen) atoms. The van der Waals surface area contributed by atoms with Crippen LogP contribution in [0.2, 0.25) is 0 Å². The summed E-state index contributed by atoms with van der Waals surface area (Å²) >= 11 is 0. The third kappa shape index (κ3) is 3.66. The lowest BCUT2D eigenvalue weighted by atomic mass is 10.0. The zero-order valence-corrected chi connectivity index (χ0v) is 19.2. The van der Waals surface area contributed by atoms with Crippen molar-refractivity contribution in [1.29, 1.82) is 0 Å². The number of nitrogens with one attached hydrogen (secondary N) is 1. The van der Waals surface area contributed by atoms with Crippen molar-refractivity contribution in [1.82, 2.24) is 29.5 Å². The quantitative estimate of drug-likeness (QED) is 0.442. The zero-order chi connectivity index (χ0) is 25.0. The lowest BCUT2D eigenvalue weighted by molar-refractivity contribution is -0.141. The van der Waals surface area contributed by atoms with E-state index in [1.165, 1.54) is 18.6 Å². The largest absolute Gasteiger partial charge is 0.433 e. The molecule has 0 saturated carbocycles. The number of fused-ring (bicyclic) bond motifs is 2. The summed E-state index contributed by atoms with van der Waals surface area (Å²) in [7, 11) is 1.76. The molecule has 2 N–H and O–H groups in total. The van der Waals surface area contributed by atoms with E-state index in [4.69, 9.17) is 4.98 Å². The molecule has 2 aliphatic rings. The number of hydrogen-bond donors (Lipinski definition) is 2. The van der Waals surface area contributed by atoms with Crippen LogP contribution in [0.4, 0.5) is 30.5 Å². The van der Waals surface area contributed by atoms with Crippen molar-refractivity contribution >= 4 is 28.5 Å². The summed E-state index contributed by atoms with van der Waals surface area (Å²) in [5.74, 6) is 1.80. The second-order valence-corrected chi connectivity index (χ2v) is 8.81. The molecule has 6 heterocycles. The molecule has 4 aromatic heterocycles. The molecule has 1 unspecified atom stereocenters. The number of aromatic nitrogens is 6. The highest BCUT2D eigenvalue weighted by molar-refractivity contribution is 5.86. The number of aliphatic hydroxyl groups excluding tert-OH is 1. The topological polar surface area (TPSA) is 108 Å². The van der Waals surface area contributed by atoms with E-state index in [2.05, 4.69) is 30.2 Å². The van der Waals surface area contributed by atoms with E-state index in [0.717, 1.165) is 24.6 Å². The Balaban J connectivity index is 1.25. The number of aryl methyl sites for hydroxylation is 1. The van der Waals surface area contributed by atoms with Crippen LogP contribution in [0.5, 0.6) is 0 Å². The second kappa shape index (κ2) is 8.29. The molecule has 0 amide bonds. The summed E-state index contributed by atoms with van der Waals surface area (Å²) < 4.78 is 40.5. The molecule has 1 saturated heterocycles. The first-order chi connectivity index (χ1) is 17.3.